The van der Waals surface area contributed by atoms with Gasteiger partial charge in [-0.25, -0.2) is 0 Å². The van der Waals surface area contributed by atoms with E-state index in [0.717, 1.165) is 0 Å². The second kappa shape index (κ2) is 3.34. The van der Waals surface area contributed by atoms with Gasteiger partial charge in [0.25, 0.3) is 0 Å². The highest BCUT2D eigenvalue weighted by molar-refractivity contribution is 5.70. The van der Waals surface area contributed by atoms with Crippen LogP contribution < -0.4 is 0 Å². The summed E-state index contributed by atoms with van der Waals surface area (Å²) in [6, 6.07) is 1.20. The SMILES string of the molecule is CC1C(C=NC(C)(C)C)N1C(C)(C)C. The summed E-state index contributed by atoms with van der Waals surface area (Å²) in [6.45, 7) is 15.5. The number of aliphatic imine (C=N–C) groups is 1. The van der Waals surface area contributed by atoms with Crippen molar-refractivity contribution < 1.29 is 0 Å². The molecule has 0 bridgehead atoms. The molecule has 3 atom stereocenters. The summed E-state index contributed by atoms with van der Waals surface area (Å²) < 4.78 is 0. The van der Waals surface area contributed by atoms with Crippen LogP contribution in [0.3, 0.4) is 0 Å². The van der Waals surface area contributed by atoms with Crippen LogP contribution in [0.2, 0.25) is 0 Å². The van der Waals surface area contributed by atoms with Gasteiger partial charge < -0.3 is 0 Å². The molecule has 0 aliphatic carbocycles. The minimum atomic E-state index is 0.0614. The van der Waals surface area contributed by atoms with E-state index in [4.69, 9.17) is 0 Å². The molecule has 2 heteroatoms. The molecule has 1 fully saturated rings. The zero-order valence-corrected chi connectivity index (χ0v) is 10.6. The average Bonchev–Trinajstić information content (AvgIpc) is 2.54. The van der Waals surface area contributed by atoms with Crippen LogP contribution in [0.5, 0.6) is 0 Å². The lowest BCUT2D eigenvalue weighted by Gasteiger charge is -2.21. The molecule has 1 aliphatic rings. The molecule has 0 amide bonds. The van der Waals surface area contributed by atoms with Gasteiger partial charge in [-0.2, -0.15) is 0 Å². The van der Waals surface area contributed by atoms with Gasteiger partial charge in [0, 0.05) is 17.8 Å². The van der Waals surface area contributed by atoms with Crippen LogP contribution in [0.25, 0.3) is 0 Å². The van der Waals surface area contributed by atoms with E-state index in [-0.39, 0.29) is 11.1 Å². The first kappa shape index (κ1) is 11.7. The highest BCUT2D eigenvalue weighted by atomic mass is 15.4. The van der Waals surface area contributed by atoms with E-state index in [1.165, 1.54) is 0 Å². The third-order valence-electron chi connectivity index (χ3n) is 2.55. The minimum Gasteiger partial charge on any atom is -0.290 e. The van der Waals surface area contributed by atoms with Crippen LogP contribution in [-0.2, 0) is 0 Å². The van der Waals surface area contributed by atoms with Crippen molar-refractivity contribution >= 4 is 6.21 Å². The molecule has 0 aromatic carbocycles. The second-order valence-corrected chi connectivity index (χ2v) is 6.26. The van der Waals surface area contributed by atoms with E-state index in [1.54, 1.807) is 0 Å². The molecule has 82 valence electrons. The van der Waals surface area contributed by atoms with E-state index in [9.17, 15) is 0 Å². The Balaban J connectivity index is 2.56. The summed E-state index contributed by atoms with van der Waals surface area (Å²) >= 11 is 0. The van der Waals surface area contributed by atoms with Crippen LogP contribution >= 0.6 is 0 Å². The van der Waals surface area contributed by atoms with Gasteiger partial charge >= 0.3 is 0 Å². The molecule has 0 saturated carbocycles. The number of rotatable bonds is 1. The fraction of sp³-hybridized carbons (Fsp3) is 0.917. The van der Waals surface area contributed by atoms with Crippen LogP contribution in [0.15, 0.2) is 4.99 Å². The van der Waals surface area contributed by atoms with Crippen molar-refractivity contribution in [2.24, 2.45) is 4.99 Å². The Labute approximate surface area is 88.4 Å². The van der Waals surface area contributed by atoms with Gasteiger partial charge in [0.2, 0.25) is 0 Å². The predicted molar refractivity (Wildman–Crippen MR) is 63.1 cm³/mol. The maximum Gasteiger partial charge on any atom is 0.0608 e. The second-order valence-electron chi connectivity index (χ2n) is 6.26. The largest absolute Gasteiger partial charge is 0.290 e. The van der Waals surface area contributed by atoms with E-state index >= 15 is 0 Å². The molecule has 3 unspecified atom stereocenters. The third-order valence-corrected chi connectivity index (χ3v) is 2.55. The maximum atomic E-state index is 4.57. The molecule has 1 rings (SSSR count). The molecular weight excluding hydrogens is 172 g/mol. The summed E-state index contributed by atoms with van der Waals surface area (Å²) in [7, 11) is 0. The van der Waals surface area contributed by atoms with Crippen molar-refractivity contribution in [3.63, 3.8) is 0 Å². The van der Waals surface area contributed by atoms with Gasteiger partial charge in [-0.15, -0.1) is 0 Å². The van der Waals surface area contributed by atoms with Gasteiger partial charge in [-0.1, -0.05) is 0 Å². The zero-order valence-electron chi connectivity index (χ0n) is 10.6. The first-order valence-electron chi connectivity index (χ1n) is 5.47. The molecule has 1 saturated heterocycles. The van der Waals surface area contributed by atoms with E-state index in [1.807, 2.05) is 0 Å². The monoisotopic (exact) mass is 196 g/mol. The molecule has 14 heavy (non-hydrogen) atoms. The van der Waals surface area contributed by atoms with Crippen molar-refractivity contribution in [3.8, 4) is 0 Å². The van der Waals surface area contributed by atoms with Gasteiger partial charge in [-0.3, -0.25) is 9.89 Å². The first-order valence-corrected chi connectivity index (χ1v) is 5.47. The molecule has 2 nitrogen and oxygen atoms in total. The Kier molecular flexibility index (Phi) is 2.79. The first-order chi connectivity index (χ1) is 6.13. The van der Waals surface area contributed by atoms with Crippen molar-refractivity contribution in [2.45, 2.75) is 71.6 Å². The Hall–Kier alpha value is -0.370. The summed E-state index contributed by atoms with van der Waals surface area (Å²) in [5.41, 5.74) is 0.333. The lowest BCUT2D eigenvalue weighted by molar-refractivity contribution is 0.284. The van der Waals surface area contributed by atoms with Crippen LogP contribution in [0.1, 0.15) is 48.5 Å². The van der Waals surface area contributed by atoms with Crippen molar-refractivity contribution in [2.75, 3.05) is 0 Å². The Morgan fingerprint density at radius 3 is 1.86 bits per heavy atom. The number of hydrogen-bond acceptors (Lipinski definition) is 2. The van der Waals surface area contributed by atoms with E-state index in [2.05, 4.69) is 64.6 Å². The minimum absolute atomic E-state index is 0.0614. The van der Waals surface area contributed by atoms with Gasteiger partial charge in [-0.05, 0) is 48.5 Å². The van der Waals surface area contributed by atoms with Crippen molar-refractivity contribution in [1.82, 2.24) is 4.90 Å². The topological polar surface area (TPSA) is 15.4 Å². The fourth-order valence-corrected chi connectivity index (χ4v) is 1.93. The van der Waals surface area contributed by atoms with Gasteiger partial charge in [0.15, 0.2) is 0 Å². The highest BCUT2D eigenvalue weighted by Gasteiger charge is 2.48. The standard InChI is InChI=1S/C12H24N2/c1-9-10(8-13-11(2,3)4)14(9)12(5,6)7/h8-10H,1-7H3. The van der Waals surface area contributed by atoms with E-state index < -0.39 is 0 Å². The summed E-state index contributed by atoms with van der Waals surface area (Å²) in [6.07, 6.45) is 2.12. The summed E-state index contributed by atoms with van der Waals surface area (Å²) in [5, 5.41) is 0. The molecule has 0 N–H and O–H groups in total. The normalized spacial score (nSPS) is 33.8. The van der Waals surface area contributed by atoms with Crippen LogP contribution in [0, 0.1) is 0 Å². The Morgan fingerprint density at radius 1 is 1.07 bits per heavy atom. The smallest absolute Gasteiger partial charge is 0.0608 e. The molecule has 1 heterocycles. The van der Waals surface area contributed by atoms with Crippen molar-refractivity contribution in [1.29, 1.82) is 0 Å². The Bertz CT molecular complexity index is 230. The fourth-order valence-electron chi connectivity index (χ4n) is 1.93. The number of hydrogen-bond donors (Lipinski definition) is 0. The van der Waals surface area contributed by atoms with E-state index in [0.29, 0.717) is 12.1 Å². The molecule has 1 aliphatic heterocycles. The molecule has 0 spiro atoms. The molecule has 0 aromatic rings. The molecule has 0 aromatic heterocycles. The van der Waals surface area contributed by atoms with Crippen LogP contribution in [-0.4, -0.2) is 34.3 Å². The van der Waals surface area contributed by atoms with Gasteiger partial charge in [0.05, 0.1) is 11.6 Å². The lowest BCUT2D eigenvalue weighted by atomic mass is 10.1. The van der Waals surface area contributed by atoms with Crippen LogP contribution in [0.4, 0.5) is 0 Å². The Morgan fingerprint density at radius 2 is 1.57 bits per heavy atom. The highest BCUT2D eigenvalue weighted by Crippen LogP contribution is 2.35. The van der Waals surface area contributed by atoms with Crippen molar-refractivity contribution in [3.05, 3.63) is 0 Å². The zero-order chi connectivity index (χ0) is 11.1. The summed E-state index contributed by atoms with van der Waals surface area (Å²) in [4.78, 5) is 7.05. The van der Waals surface area contributed by atoms with Gasteiger partial charge in [0.1, 0.15) is 0 Å². The number of nitrogens with zero attached hydrogens (tertiary/aromatic N) is 2. The average molecular weight is 196 g/mol. The molecule has 0 radical (unpaired) electrons. The maximum absolute atomic E-state index is 4.57. The predicted octanol–water partition coefficient (Wildman–Crippen LogP) is 2.73. The lowest BCUT2D eigenvalue weighted by Crippen LogP contribution is -2.28. The molecular formula is C12H24N2. The summed E-state index contributed by atoms with van der Waals surface area (Å²) in [5.74, 6) is 0. The quantitative estimate of drug-likeness (QED) is 0.465. The third kappa shape index (κ3) is 2.81.